The Kier molecular flexibility index (Phi) is 2.90. The molecule has 1 N–H and O–H groups in total. The van der Waals surface area contributed by atoms with Crippen LogP contribution < -0.4 is 0 Å². The second kappa shape index (κ2) is 3.65. The molecule has 0 radical (unpaired) electrons. The van der Waals surface area contributed by atoms with Crippen LogP contribution in [-0.4, -0.2) is 15.0 Å². The summed E-state index contributed by atoms with van der Waals surface area (Å²) in [6.07, 6.45) is 3.56. The lowest BCUT2D eigenvalue weighted by molar-refractivity contribution is -0.107. The van der Waals surface area contributed by atoms with E-state index < -0.39 is 4.75 Å². The lowest BCUT2D eigenvalue weighted by atomic mass is 10.0. The lowest BCUT2D eigenvalue weighted by Gasteiger charge is -2.18. The molecule has 76 valence electrons. The summed E-state index contributed by atoms with van der Waals surface area (Å²) in [5.41, 5.74) is 1.40. The van der Waals surface area contributed by atoms with E-state index in [9.17, 15) is 9.90 Å². The van der Waals surface area contributed by atoms with Gasteiger partial charge in [-0.05, 0) is 20.8 Å². The first-order valence-corrected chi connectivity index (χ1v) is 5.18. The zero-order chi connectivity index (χ0) is 10.9. The topological polar surface area (TPSA) is 37.3 Å². The third-order valence-corrected chi connectivity index (χ3v) is 3.49. The van der Waals surface area contributed by atoms with E-state index in [0.29, 0.717) is 5.57 Å². The monoisotopic (exact) mass is 210 g/mol. The summed E-state index contributed by atoms with van der Waals surface area (Å²) in [6.45, 7) is 9.00. The summed E-state index contributed by atoms with van der Waals surface area (Å²) >= 11 is 1.14. The highest BCUT2D eigenvalue weighted by atomic mass is 32.2. The summed E-state index contributed by atoms with van der Waals surface area (Å²) in [5.74, 6) is 0.161. The Labute approximate surface area is 88.4 Å². The van der Waals surface area contributed by atoms with E-state index in [0.717, 1.165) is 17.3 Å². The van der Waals surface area contributed by atoms with E-state index in [4.69, 9.17) is 0 Å². The summed E-state index contributed by atoms with van der Waals surface area (Å²) in [5, 5.41) is 9.73. The Balaban J connectivity index is 3.12. The number of hydrogen-bond donors (Lipinski definition) is 1. The molecule has 1 heterocycles. The van der Waals surface area contributed by atoms with Crippen molar-refractivity contribution < 1.29 is 9.90 Å². The molecule has 0 fully saturated rings. The SMILES string of the molecule is C=C/C(C)=C/[C@@]1(C)SC(=O)C(C)=C1O. The van der Waals surface area contributed by atoms with Crippen molar-refractivity contribution in [2.45, 2.75) is 25.5 Å². The molecule has 1 aliphatic heterocycles. The molecular formula is C11H14O2S. The highest BCUT2D eigenvalue weighted by Crippen LogP contribution is 2.43. The van der Waals surface area contributed by atoms with Crippen LogP contribution in [0.4, 0.5) is 0 Å². The second-order valence-electron chi connectivity index (χ2n) is 3.56. The van der Waals surface area contributed by atoms with Gasteiger partial charge in [0.25, 0.3) is 0 Å². The molecule has 0 bridgehead atoms. The molecule has 0 saturated heterocycles. The van der Waals surface area contributed by atoms with E-state index in [1.54, 1.807) is 13.0 Å². The fourth-order valence-corrected chi connectivity index (χ4v) is 2.51. The van der Waals surface area contributed by atoms with Gasteiger partial charge in [-0.15, -0.1) is 0 Å². The van der Waals surface area contributed by atoms with Gasteiger partial charge in [-0.2, -0.15) is 0 Å². The molecule has 2 nitrogen and oxygen atoms in total. The zero-order valence-electron chi connectivity index (χ0n) is 8.63. The first-order chi connectivity index (χ1) is 6.40. The minimum absolute atomic E-state index is 0.0573. The maximum atomic E-state index is 11.4. The molecular weight excluding hydrogens is 196 g/mol. The Morgan fingerprint density at radius 2 is 2.21 bits per heavy atom. The van der Waals surface area contributed by atoms with Crippen molar-refractivity contribution in [2.75, 3.05) is 0 Å². The Morgan fingerprint density at radius 1 is 1.64 bits per heavy atom. The normalized spacial score (nSPS) is 28.5. The van der Waals surface area contributed by atoms with Crippen LogP contribution in [0.1, 0.15) is 20.8 Å². The standard InChI is InChI=1S/C11H14O2S/c1-5-7(2)6-11(4)9(12)8(3)10(13)14-11/h5-6,12H,1H2,2-4H3/b7-6+/t11-/m1/s1. The molecule has 0 aliphatic carbocycles. The number of aliphatic hydroxyl groups excluding tert-OH is 1. The third kappa shape index (κ3) is 1.77. The number of carbonyl (C=O) groups is 1. The fourth-order valence-electron chi connectivity index (χ4n) is 1.38. The van der Waals surface area contributed by atoms with Crippen molar-refractivity contribution in [3.05, 3.63) is 35.6 Å². The van der Waals surface area contributed by atoms with Crippen molar-refractivity contribution >= 4 is 16.9 Å². The molecule has 1 rings (SSSR count). The van der Waals surface area contributed by atoms with Crippen LogP contribution in [0.5, 0.6) is 0 Å². The minimum atomic E-state index is -0.612. The molecule has 1 atom stereocenters. The van der Waals surface area contributed by atoms with Gasteiger partial charge in [0, 0.05) is 5.57 Å². The van der Waals surface area contributed by atoms with Crippen LogP contribution in [0.3, 0.4) is 0 Å². The average molecular weight is 210 g/mol. The molecule has 3 heteroatoms. The van der Waals surface area contributed by atoms with Crippen LogP contribution in [-0.2, 0) is 4.79 Å². The quantitative estimate of drug-likeness (QED) is 0.712. The van der Waals surface area contributed by atoms with Crippen LogP contribution >= 0.6 is 11.8 Å². The number of thioether (sulfide) groups is 1. The van der Waals surface area contributed by atoms with Gasteiger partial charge in [0.05, 0.1) is 4.75 Å². The van der Waals surface area contributed by atoms with Gasteiger partial charge in [-0.25, -0.2) is 0 Å². The number of carbonyl (C=O) groups excluding carboxylic acids is 1. The van der Waals surface area contributed by atoms with E-state index in [2.05, 4.69) is 6.58 Å². The van der Waals surface area contributed by atoms with E-state index in [-0.39, 0.29) is 10.9 Å². The summed E-state index contributed by atoms with van der Waals surface area (Å²) in [6, 6.07) is 0. The molecule has 0 amide bonds. The maximum Gasteiger partial charge on any atom is 0.219 e. The van der Waals surface area contributed by atoms with Crippen molar-refractivity contribution in [1.82, 2.24) is 0 Å². The highest BCUT2D eigenvalue weighted by Gasteiger charge is 2.39. The molecule has 0 aromatic carbocycles. The van der Waals surface area contributed by atoms with E-state index in [1.807, 2.05) is 19.9 Å². The first kappa shape index (κ1) is 11.1. The average Bonchev–Trinajstić information content (AvgIpc) is 2.30. The van der Waals surface area contributed by atoms with E-state index in [1.165, 1.54) is 0 Å². The minimum Gasteiger partial charge on any atom is -0.510 e. The van der Waals surface area contributed by atoms with Gasteiger partial charge in [0.15, 0.2) is 0 Å². The molecule has 1 aliphatic rings. The lowest BCUT2D eigenvalue weighted by Crippen LogP contribution is -2.17. The van der Waals surface area contributed by atoms with Crippen LogP contribution in [0, 0.1) is 0 Å². The first-order valence-electron chi connectivity index (χ1n) is 4.36. The summed E-state index contributed by atoms with van der Waals surface area (Å²) in [4.78, 5) is 11.4. The largest absolute Gasteiger partial charge is 0.510 e. The van der Waals surface area contributed by atoms with Gasteiger partial charge in [-0.1, -0.05) is 36.1 Å². The second-order valence-corrected chi connectivity index (χ2v) is 4.99. The Hall–Kier alpha value is -0.960. The van der Waals surface area contributed by atoms with Crippen LogP contribution in [0.25, 0.3) is 0 Å². The number of allylic oxidation sites excluding steroid dienone is 2. The Morgan fingerprint density at radius 3 is 2.57 bits per heavy atom. The smallest absolute Gasteiger partial charge is 0.219 e. The summed E-state index contributed by atoms with van der Waals surface area (Å²) in [7, 11) is 0. The predicted molar refractivity (Wildman–Crippen MR) is 60.3 cm³/mol. The van der Waals surface area contributed by atoms with Crippen molar-refractivity contribution in [1.29, 1.82) is 0 Å². The van der Waals surface area contributed by atoms with E-state index >= 15 is 0 Å². The van der Waals surface area contributed by atoms with Gasteiger partial charge in [0.2, 0.25) is 5.12 Å². The number of rotatable bonds is 2. The highest BCUT2D eigenvalue weighted by molar-refractivity contribution is 8.16. The molecule has 14 heavy (non-hydrogen) atoms. The molecule has 0 aromatic heterocycles. The predicted octanol–water partition coefficient (Wildman–Crippen LogP) is 2.98. The van der Waals surface area contributed by atoms with Crippen molar-refractivity contribution in [3.63, 3.8) is 0 Å². The molecule has 0 unspecified atom stereocenters. The third-order valence-electron chi connectivity index (χ3n) is 2.26. The van der Waals surface area contributed by atoms with Gasteiger partial charge < -0.3 is 5.11 Å². The van der Waals surface area contributed by atoms with Crippen molar-refractivity contribution in [3.8, 4) is 0 Å². The van der Waals surface area contributed by atoms with Crippen LogP contribution in [0.2, 0.25) is 0 Å². The summed E-state index contributed by atoms with van der Waals surface area (Å²) < 4.78 is -0.612. The Bertz CT molecular complexity index is 352. The number of aliphatic hydroxyl groups is 1. The molecule has 0 saturated carbocycles. The molecule has 0 spiro atoms. The fraction of sp³-hybridized carbons (Fsp3) is 0.364. The van der Waals surface area contributed by atoms with Gasteiger partial charge >= 0.3 is 0 Å². The van der Waals surface area contributed by atoms with Gasteiger partial charge in [0.1, 0.15) is 5.76 Å². The van der Waals surface area contributed by atoms with Gasteiger partial charge in [-0.3, -0.25) is 4.79 Å². The number of hydrogen-bond acceptors (Lipinski definition) is 3. The zero-order valence-corrected chi connectivity index (χ0v) is 9.44. The van der Waals surface area contributed by atoms with Crippen molar-refractivity contribution in [2.24, 2.45) is 0 Å². The maximum absolute atomic E-state index is 11.4. The van der Waals surface area contributed by atoms with Crippen LogP contribution in [0.15, 0.2) is 35.6 Å². The molecule has 0 aromatic rings.